The van der Waals surface area contributed by atoms with Crippen LogP contribution in [0.4, 0.5) is 0 Å². The maximum absolute atomic E-state index is 6.14. The fourth-order valence-corrected chi connectivity index (χ4v) is 2.42. The number of benzene rings is 1. The van der Waals surface area contributed by atoms with Crippen molar-refractivity contribution in [3.8, 4) is 0 Å². The Labute approximate surface area is 141 Å². The molecule has 1 fully saturated rings. The molecular formula is C13H18Cl2IN3. The molecule has 1 aliphatic carbocycles. The molecule has 6 heteroatoms. The van der Waals surface area contributed by atoms with E-state index in [1.165, 1.54) is 0 Å². The van der Waals surface area contributed by atoms with Crippen molar-refractivity contribution in [1.82, 2.24) is 5.32 Å². The molecule has 0 spiro atoms. The van der Waals surface area contributed by atoms with E-state index in [1.54, 1.807) is 6.07 Å². The number of hydrogen-bond donors (Lipinski definition) is 2. The van der Waals surface area contributed by atoms with Crippen LogP contribution in [0.5, 0.6) is 0 Å². The van der Waals surface area contributed by atoms with Crippen LogP contribution in [0.1, 0.15) is 31.9 Å². The van der Waals surface area contributed by atoms with Gasteiger partial charge < -0.3 is 11.1 Å². The molecule has 0 amide bonds. The maximum Gasteiger partial charge on any atom is 0.189 e. The Bertz CT molecular complexity index is 479. The molecular weight excluding hydrogens is 396 g/mol. The van der Waals surface area contributed by atoms with Gasteiger partial charge in [0.25, 0.3) is 0 Å². The van der Waals surface area contributed by atoms with Gasteiger partial charge in [-0.3, -0.25) is 0 Å². The van der Waals surface area contributed by atoms with Crippen LogP contribution in [0.2, 0.25) is 10.0 Å². The lowest BCUT2D eigenvalue weighted by molar-refractivity contribution is 0.705. The molecule has 0 bridgehead atoms. The summed E-state index contributed by atoms with van der Waals surface area (Å²) in [5.74, 6) is 1.13. The minimum absolute atomic E-state index is 0. The third-order valence-electron chi connectivity index (χ3n) is 3.17. The van der Waals surface area contributed by atoms with E-state index >= 15 is 0 Å². The fraction of sp³-hybridized carbons (Fsp3) is 0.462. The SMILES string of the molecule is CC(NC(N)=NC1CC1C)c1ccc(Cl)cc1Cl.I. The van der Waals surface area contributed by atoms with Crippen molar-refractivity contribution in [2.75, 3.05) is 0 Å². The summed E-state index contributed by atoms with van der Waals surface area (Å²) in [7, 11) is 0. The van der Waals surface area contributed by atoms with Crippen molar-refractivity contribution >= 4 is 53.1 Å². The Hall–Kier alpha value is -0.200. The van der Waals surface area contributed by atoms with Gasteiger partial charge in [-0.2, -0.15) is 0 Å². The second-order valence-corrected chi connectivity index (χ2v) is 5.67. The Balaban J connectivity index is 0.00000180. The molecule has 3 N–H and O–H groups in total. The minimum atomic E-state index is 0. The van der Waals surface area contributed by atoms with Gasteiger partial charge in [0.15, 0.2) is 5.96 Å². The van der Waals surface area contributed by atoms with Crippen LogP contribution in [0.25, 0.3) is 0 Å². The molecule has 0 aromatic heterocycles. The fourth-order valence-electron chi connectivity index (χ4n) is 1.85. The molecule has 3 nitrogen and oxygen atoms in total. The summed E-state index contributed by atoms with van der Waals surface area (Å²) >= 11 is 12.0. The number of aliphatic imine (C=N–C) groups is 1. The first-order chi connectivity index (χ1) is 8.47. The lowest BCUT2D eigenvalue weighted by Crippen LogP contribution is -2.34. The largest absolute Gasteiger partial charge is 0.370 e. The molecule has 2 rings (SSSR count). The van der Waals surface area contributed by atoms with E-state index in [0.29, 0.717) is 28.0 Å². The van der Waals surface area contributed by atoms with E-state index in [-0.39, 0.29) is 30.0 Å². The van der Waals surface area contributed by atoms with E-state index < -0.39 is 0 Å². The van der Waals surface area contributed by atoms with Crippen molar-refractivity contribution in [1.29, 1.82) is 0 Å². The number of rotatable bonds is 3. The highest BCUT2D eigenvalue weighted by Crippen LogP contribution is 2.32. The molecule has 0 radical (unpaired) electrons. The summed E-state index contributed by atoms with van der Waals surface area (Å²) in [6.07, 6.45) is 1.12. The Morgan fingerprint density at radius 2 is 2.11 bits per heavy atom. The highest BCUT2D eigenvalue weighted by molar-refractivity contribution is 14.0. The average Bonchev–Trinajstić information content (AvgIpc) is 2.93. The number of nitrogens with one attached hydrogen (secondary N) is 1. The second-order valence-electron chi connectivity index (χ2n) is 4.83. The Morgan fingerprint density at radius 1 is 1.47 bits per heavy atom. The van der Waals surface area contributed by atoms with Gasteiger partial charge >= 0.3 is 0 Å². The topological polar surface area (TPSA) is 50.4 Å². The monoisotopic (exact) mass is 413 g/mol. The summed E-state index contributed by atoms with van der Waals surface area (Å²) in [5, 5.41) is 4.41. The van der Waals surface area contributed by atoms with Crippen molar-refractivity contribution in [3.05, 3.63) is 33.8 Å². The van der Waals surface area contributed by atoms with Gasteiger partial charge in [-0.1, -0.05) is 36.2 Å². The highest BCUT2D eigenvalue weighted by Gasteiger charge is 2.32. The quantitative estimate of drug-likeness (QED) is 0.447. The van der Waals surface area contributed by atoms with Crippen LogP contribution in [-0.4, -0.2) is 12.0 Å². The maximum atomic E-state index is 6.14. The smallest absolute Gasteiger partial charge is 0.189 e. The average molecular weight is 414 g/mol. The van der Waals surface area contributed by atoms with Crippen LogP contribution in [-0.2, 0) is 0 Å². The van der Waals surface area contributed by atoms with Crippen molar-refractivity contribution in [2.24, 2.45) is 16.6 Å². The first kappa shape index (κ1) is 16.9. The van der Waals surface area contributed by atoms with Gasteiger partial charge in [0.1, 0.15) is 0 Å². The normalized spacial score (nSPS) is 23.5. The summed E-state index contributed by atoms with van der Waals surface area (Å²) in [6, 6.07) is 5.83. The zero-order chi connectivity index (χ0) is 13.3. The van der Waals surface area contributed by atoms with E-state index in [1.807, 2.05) is 19.1 Å². The molecule has 3 unspecified atom stereocenters. The van der Waals surface area contributed by atoms with Crippen LogP contribution in [0.3, 0.4) is 0 Å². The molecule has 19 heavy (non-hydrogen) atoms. The predicted molar refractivity (Wildman–Crippen MR) is 92.6 cm³/mol. The summed E-state index contributed by atoms with van der Waals surface area (Å²) in [5.41, 5.74) is 6.83. The van der Waals surface area contributed by atoms with Crippen LogP contribution >= 0.6 is 47.2 Å². The van der Waals surface area contributed by atoms with Gasteiger partial charge in [0, 0.05) is 10.0 Å². The minimum Gasteiger partial charge on any atom is -0.370 e. The summed E-state index contributed by atoms with van der Waals surface area (Å²) in [4.78, 5) is 4.40. The van der Waals surface area contributed by atoms with Crippen LogP contribution < -0.4 is 11.1 Å². The first-order valence-electron chi connectivity index (χ1n) is 6.02. The Kier molecular flexibility index (Phi) is 6.20. The number of halogens is 3. The molecule has 1 aliphatic rings. The van der Waals surface area contributed by atoms with Crippen LogP contribution in [0.15, 0.2) is 23.2 Å². The number of hydrogen-bond acceptors (Lipinski definition) is 1. The van der Waals surface area contributed by atoms with Gasteiger partial charge in [0.05, 0.1) is 12.1 Å². The second kappa shape index (κ2) is 6.99. The number of nitrogens with zero attached hydrogens (tertiary/aromatic N) is 1. The first-order valence-corrected chi connectivity index (χ1v) is 6.77. The van der Waals surface area contributed by atoms with E-state index in [9.17, 15) is 0 Å². The van der Waals surface area contributed by atoms with Gasteiger partial charge in [0.2, 0.25) is 0 Å². The lowest BCUT2D eigenvalue weighted by Gasteiger charge is -2.16. The van der Waals surface area contributed by atoms with Crippen molar-refractivity contribution < 1.29 is 0 Å². The molecule has 0 saturated heterocycles. The van der Waals surface area contributed by atoms with Crippen molar-refractivity contribution in [2.45, 2.75) is 32.4 Å². The van der Waals surface area contributed by atoms with Crippen molar-refractivity contribution in [3.63, 3.8) is 0 Å². The van der Waals surface area contributed by atoms with Crippen LogP contribution in [0, 0.1) is 5.92 Å². The molecule has 1 saturated carbocycles. The Morgan fingerprint density at radius 3 is 2.63 bits per heavy atom. The van der Waals surface area contributed by atoms with Gasteiger partial charge in [-0.05, 0) is 37.0 Å². The van der Waals surface area contributed by atoms with Gasteiger partial charge in [-0.25, -0.2) is 4.99 Å². The third kappa shape index (κ3) is 4.68. The zero-order valence-electron chi connectivity index (χ0n) is 10.9. The molecule has 3 atom stereocenters. The third-order valence-corrected chi connectivity index (χ3v) is 3.73. The summed E-state index contributed by atoms with van der Waals surface area (Å²) < 4.78 is 0. The standard InChI is InChI=1S/C13H17Cl2N3.HI/c1-7-5-12(7)18-13(16)17-8(2)10-4-3-9(14)6-11(10)15;/h3-4,6-8,12H,5H2,1-2H3,(H3,16,17,18);1H. The molecule has 106 valence electrons. The molecule has 0 heterocycles. The summed E-state index contributed by atoms with van der Waals surface area (Å²) in [6.45, 7) is 4.16. The molecule has 0 aliphatic heterocycles. The van der Waals surface area contributed by atoms with E-state index in [4.69, 9.17) is 28.9 Å². The number of nitrogens with two attached hydrogens (primary N) is 1. The van der Waals surface area contributed by atoms with Gasteiger partial charge in [-0.15, -0.1) is 24.0 Å². The zero-order valence-corrected chi connectivity index (χ0v) is 14.7. The lowest BCUT2D eigenvalue weighted by atomic mass is 10.1. The van der Waals surface area contributed by atoms with E-state index in [2.05, 4.69) is 17.2 Å². The number of guanidine groups is 1. The molecule has 1 aromatic rings. The molecule has 1 aromatic carbocycles. The predicted octanol–water partition coefficient (Wildman–Crippen LogP) is 3.99. The van der Waals surface area contributed by atoms with E-state index in [0.717, 1.165) is 12.0 Å². The highest BCUT2D eigenvalue weighted by atomic mass is 127.